The van der Waals surface area contributed by atoms with E-state index in [1.807, 2.05) is 24.3 Å². The highest BCUT2D eigenvalue weighted by Crippen LogP contribution is 2.29. The summed E-state index contributed by atoms with van der Waals surface area (Å²) >= 11 is 5.82. The number of hydrogen-bond acceptors (Lipinski definition) is 2. The molecule has 0 heterocycles. The summed E-state index contributed by atoms with van der Waals surface area (Å²) in [5.74, 6) is 0.834. The average Bonchev–Trinajstić information content (AvgIpc) is 3.10. The molecule has 0 aliphatic heterocycles. The maximum Gasteiger partial charge on any atom is 0.0556 e. The van der Waals surface area contributed by atoms with Crippen molar-refractivity contribution >= 4 is 11.6 Å². The van der Waals surface area contributed by atoms with Gasteiger partial charge in [0.1, 0.15) is 0 Å². The van der Waals surface area contributed by atoms with Gasteiger partial charge in [-0.1, -0.05) is 23.7 Å². The van der Waals surface area contributed by atoms with Crippen LogP contribution in [-0.4, -0.2) is 24.9 Å². The minimum atomic E-state index is 0.0658. The van der Waals surface area contributed by atoms with Crippen LogP contribution in [-0.2, 0) is 4.74 Å². The first-order chi connectivity index (χ1) is 7.79. The fraction of sp³-hybridized carbons (Fsp3) is 0.538. The topological polar surface area (TPSA) is 29.5 Å². The van der Waals surface area contributed by atoms with Gasteiger partial charge in [-0.05, 0) is 36.5 Å². The van der Waals surface area contributed by atoms with Gasteiger partial charge in [0.2, 0.25) is 0 Å². The van der Waals surface area contributed by atoms with E-state index in [0.717, 1.165) is 23.1 Å². The molecule has 1 aliphatic carbocycles. The third-order valence-electron chi connectivity index (χ3n) is 2.93. The molecule has 0 bridgehead atoms. The van der Waals surface area contributed by atoms with Crippen LogP contribution in [0.2, 0.25) is 5.02 Å². The van der Waals surface area contributed by atoms with Crippen molar-refractivity contribution in [1.82, 2.24) is 0 Å². The number of ether oxygens (including phenoxy) is 1. The molecule has 2 rings (SSSR count). The van der Waals surface area contributed by atoms with Crippen LogP contribution in [0.15, 0.2) is 24.3 Å². The van der Waals surface area contributed by atoms with Gasteiger partial charge in [-0.2, -0.15) is 0 Å². The SMILES string of the molecule is OCC(COCC1CC1)c1ccc(Cl)cc1. The van der Waals surface area contributed by atoms with Crippen LogP contribution in [0, 0.1) is 5.92 Å². The maximum absolute atomic E-state index is 9.32. The summed E-state index contributed by atoms with van der Waals surface area (Å²) < 4.78 is 5.60. The zero-order valence-electron chi connectivity index (χ0n) is 9.23. The first kappa shape index (κ1) is 11.9. The van der Waals surface area contributed by atoms with Crippen molar-refractivity contribution in [3.8, 4) is 0 Å². The summed E-state index contributed by atoms with van der Waals surface area (Å²) in [6.45, 7) is 1.55. The molecule has 0 saturated heterocycles. The third-order valence-corrected chi connectivity index (χ3v) is 3.18. The Bertz CT molecular complexity index is 319. The molecule has 1 N–H and O–H groups in total. The van der Waals surface area contributed by atoms with Crippen LogP contribution in [0.5, 0.6) is 0 Å². The highest BCUT2D eigenvalue weighted by molar-refractivity contribution is 6.30. The van der Waals surface area contributed by atoms with Gasteiger partial charge in [0.15, 0.2) is 0 Å². The molecule has 1 aromatic carbocycles. The Kier molecular flexibility index (Phi) is 4.22. The Hall–Kier alpha value is -0.570. The van der Waals surface area contributed by atoms with Gasteiger partial charge in [0.05, 0.1) is 13.2 Å². The quantitative estimate of drug-likeness (QED) is 0.829. The molecule has 1 aliphatic rings. The number of hydrogen-bond donors (Lipinski definition) is 1. The summed E-state index contributed by atoms with van der Waals surface area (Å²) in [5, 5.41) is 10.0. The smallest absolute Gasteiger partial charge is 0.0556 e. The van der Waals surface area contributed by atoms with E-state index in [2.05, 4.69) is 0 Å². The fourth-order valence-electron chi connectivity index (χ4n) is 1.65. The molecule has 1 aromatic rings. The monoisotopic (exact) mass is 240 g/mol. The highest BCUT2D eigenvalue weighted by atomic mass is 35.5. The van der Waals surface area contributed by atoms with Gasteiger partial charge in [-0.15, -0.1) is 0 Å². The fourth-order valence-corrected chi connectivity index (χ4v) is 1.78. The van der Waals surface area contributed by atoms with Crippen molar-refractivity contribution in [3.05, 3.63) is 34.9 Å². The minimum Gasteiger partial charge on any atom is -0.396 e. The Morgan fingerprint density at radius 2 is 2.00 bits per heavy atom. The Morgan fingerprint density at radius 3 is 2.56 bits per heavy atom. The average molecular weight is 241 g/mol. The lowest BCUT2D eigenvalue weighted by atomic mass is 10.0. The predicted octanol–water partition coefficient (Wildman–Crippen LogP) is 2.84. The number of halogens is 1. The normalized spacial score (nSPS) is 17.4. The Labute approximate surface area is 101 Å². The van der Waals surface area contributed by atoms with Crippen molar-refractivity contribution in [2.45, 2.75) is 18.8 Å². The largest absolute Gasteiger partial charge is 0.396 e. The minimum absolute atomic E-state index is 0.0658. The molecule has 0 amide bonds. The van der Waals surface area contributed by atoms with Crippen LogP contribution in [0.25, 0.3) is 0 Å². The van der Waals surface area contributed by atoms with E-state index in [4.69, 9.17) is 16.3 Å². The summed E-state index contributed by atoms with van der Waals surface area (Å²) in [5.41, 5.74) is 1.09. The summed E-state index contributed by atoms with van der Waals surface area (Å²) in [4.78, 5) is 0. The zero-order valence-corrected chi connectivity index (χ0v) is 9.99. The summed E-state index contributed by atoms with van der Waals surface area (Å²) in [7, 11) is 0. The van der Waals surface area contributed by atoms with E-state index in [1.54, 1.807) is 0 Å². The number of rotatable bonds is 6. The van der Waals surface area contributed by atoms with Crippen LogP contribution in [0.1, 0.15) is 24.3 Å². The molecule has 0 spiro atoms. The van der Waals surface area contributed by atoms with Crippen molar-refractivity contribution < 1.29 is 9.84 Å². The van der Waals surface area contributed by atoms with Crippen LogP contribution in [0.3, 0.4) is 0 Å². The molecule has 1 unspecified atom stereocenters. The summed E-state index contributed by atoms with van der Waals surface area (Å²) in [6.07, 6.45) is 2.59. The second-order valence-corrected chi connectivity index (χ2v) is 4.85. The maximum atomic E-state index is 9.32. The Morgan fingerprint density at radius 1 is 1.31 bits per heavy atom. The lowest BCUT2D eigenvalue weighted by Crippen LogP contribution is -2.13. The van der Waals surface area contributed by atoms with Crippen molar-refractivity contribution in [3.63, 3.8) is 0 Å². The van der Waals surface area contributed by atoms with Crippen molar-refractivity contribution in [1.29, 1.82) is 0 Å². The molecular weight excluding hydrogens is 224 g/mol. The zero-order chi connectivity index (χ0) is 11.4. The van der Waals surface area contributed by atoms with E-state index < -0.39 is 0 Å². The molecule has 0 aromatic heterocycles. The molecule has 88 valence electrons. The first-order valence-corrected chi connectivity index (χ1v) is 6.11. The molecule has 2 nitrogen and oxygen atoms in total. The summed E-state index contributed by atoms with van der Waals surface area (Å²) in [6, 6.07) is 7.59. The molecule has 3 heteroatoms. The molecule has 16 heavy (non-hydrogen) atoms. The van der Waals surface area contributed by atoms with Gasteiger partial charge >= 0.3 is 0 Å². The van der Waals surface area contributed by atoms with Gasteiger partial charge in [0, 0.05) is 17.5 Å². The number of aliphatic hydroxyl groups excluding tert-OH is 1. The van der Waals surface area contributed by atoms with Gasteiger partial charge in [-0.25, -0.2) is 0 Å². The molecular formula is C13H17ClO2. The van der Waals surface area contributed by atoms with Gasteiger partial charge in [0.25, 0.3) is 0 Å². The van der Waals surface area contributed by atoms with Gasteiger partial charge in [-0.3, -0.25) is 0 Å². The van der Waals surface area contributed by atoms with Crippen LogP contribution < -0.4 is 0 Å². The first-order valence-electron chi connectivity index (χ1n) is 5.73. The van der Waals surface area contributed by atoms with Crippen molar-refractivity contribution in [2.75, 3.05) is 19.8 Å². The second kappa shape index (κ2) is 5.67. The van der Waals surface area contributed by atoms with E-state index in [1.165, 1.54) is 12.8 Å². The second-order valence-electron chi connectivity index (χ2n) is 4.41. The number of benzene rings is 1. The van der Waals surface area contributed by atoms with E-state index >= 15 is 0 Å². The standard InChI is InChI=1S/C13H17ClO2/c14-13-5-3-11(4-6-13)12(7-15)9-16-8-10-1-2-10/h3-6,10,12,15H,1-2,7-9H2. The van der Waals surface area contributed by atoms with E-state index in [0.29, 0.717) is 6.61 Å². The van der Waals surface area contributed by atoms with Gasteiger partial charge < -0.3 is 9.84 Å². The lowest BCUT2D eigenvalue weighted by Gasteiger charge is -2.14. The number of aliphatic hydroxyl groups is 1. The predicted molar refractivity (Wildman–Crippen MR) is 64.8 cm³/mol. The van der Waals surface area contributed by atoms with Crippen molar-refractivity contribution in [2.24, 2.45) is 5.92 Å². The lowest BCUT2D eigenvalue weighted by molar-refractivity contribution is 0.0921. The highest BCUT2D eigenvalue weighted by Gasteiger charge is 2.22. The molecule has 1 saturated carbocycles. The van der Waals surface area contributed by atoms with Crippen LogP contribution >= 0.6 is 11.6 Å². The Balaban J connectivity index is 1.84. The molecule has 1 atom stereocenters. The molecule has 0 radical (unpaired) electrons. The third kappa shape index (κ3) is 3.48. The molecule has 1 fully saturated rings. The van der Waals surface area contributed by atoms with E-state index in [9.17, 15) is 5.11 Å². The van der Waals surface area contributed by atoms with E-state index in [-0.39, 0.29) is 12.5 Å². The van der Waals surface area contributed by atoms with Crippen LogP contribution in [0.4, 0.5) is 0 Å².